The SMILES string of the molecule is O=c1[nH]c2ccc(N=Cc3cccc(Oc4ccccc4)c3)cc2[nH]1. The Labute approximate surface area is 143 Å². The largest absolute Gasteiger partial charge is 0.457 e. The van der Waals surface area contributed by atoms with Gasteiger partial charge in [-0.05, 0) is 48.0 Å². The number of aromatic amines is 2. The van der Waals surface area contributed by atoms with Gasteiger partial charge in [0.2, 0.25) is 0 Å². The predicted molar refractivity (Wildman–Crippen MR) is 99.1 cm³/mol. The first-order chi connectivity index (χ1) is 12.3. The summed E-state index contributed by atoms with van der Waals surface area (Å²) in [4.78, 5) is 21.2. The zero-order valence-electron chi connectivity index (χ0n) is 13.3. The third-order valence-corrected chi connectivity index (χ3v) is 3.70. The minimum absolute atomic E-state index is 0.220. The number of benzene rings is 3. The maximum absolute atomic E-state index is 11.3. The highest BCUT2D eigenvalue weighted by atomic mass is 16.5. The number of hydrogen-bond acceptors (Lipinski definition) is 3. The van der Waals surface area contributed by atoms with Crippen molar-refractivity contribution in [3.8, 4) is 11.5 Å². The van der Waals surface area contributed by atoms with Crippen LogP contribution in [-0.2, 0) is 0 Å². The van der Waals surface area contributed by atoms with Gasteiger partial charge in [-0.3, -0.25) is 4.99 Å². The van der Waals surface area contributed by atoms with Crippen molar-refractivity contribution in [3.05, 3.63) is 88.8 Å². The fourth-order valence-corrected chi connectivity index (χ4v) is 2.53. The first-order valence-electron chi connectivity index (χ1n) is 7.85. The average Bonchev–Trinajstić information content (AvgIpc) is 3.00. The second kappa shape index (κ2) is 6.49. The number of imidazole rings is 1. The Balaban J connectivity index is 1.55. The van der Waals surface area contributed by atoms with Gasteiger partial charge < -0.3 is 14.7 Å². The number of aromatic nitrogens is 2. The molecule has 0 saturated carbocycles. The fraction of sp³-hybridized carbons (Fsp3) is 0. The third kappa shape index (κ3) is 3.50. The van der Waals surface area contributed by atoms with E-state index in [0.717, 1.165) is 33.8 Å². The van der Waals surface area contributed by atoms with Crippen LogP contribution in [0.25, 0.3) is 11.0 Å². The van der Waals surface area contributed by atoms with Crippen molar-refractivity contribution in [2.75, 3.05) is 0 Å². The van der Waals surface area contributed by atoms with Crippen LogP contribution < -0.4 is 10.4 Å². The van der Waals surface area contributed by atoms with Crippen molar-refractivity contribution < 1.29 is 4.74 Å². The topological polar surface area (TPSA) is 70.2 Å². The van der Waals surface area contributed by atoms with Crippen LogP contribution in [0.15, 0.2) is 82.6 Å². The van der Waals surface area contributed by atoms with Crippen molar-refractivity contribution in [2.24, 2.45) is 4.99 Å². The van der Waals surface area contributed by atoms with Crippen LogP contribution in [0, 0.1) is 0 Å². The Morgan fingerprint density at radius 2 is 1.60 bits per heavy atom. The Hall–Kier alpha value is -3.60. The van der Waals surface area contributed by atoms with E-state index in [9.17, 15) is 4.79 Å². The van der Waals surface area contributed by atoms with Crippen LogP contribution in [0.1, 0.15) is 5.56 Å². The summed E-state index contributed by atoms with van der Waals surface area (Å²) >= 11 is 0. The maximum atomic E-state index is 11.3. The molecule has 0 aliphatic carbocycles. The summed E-state index contributed by atoms with van der Waals surface area (Å²) in [6, 6.07) is 22.9. The van der Waals surface area contributed by atoms with E-state index in [0.29, 0.717) is 0 Å². The zero-order valence-corrected chi connectivity index (χ0v) is 13.3. The second-order valence-corrected chi connectivity index (χ2v) is 5.55. The van der Waals surface area contributed by atoms with E-state index < -0.39 is 0 Å². The molecule has 5 nitrogen and oxygen atoms in total. The summed E-state index contributed by atoms with van der Waals surface area (Å²) in [6.45, 7) is 0. The zero-order chi connectivity index (χ0) is 17.1. The van der Waals surface area contributed by atoms with Gasteiger partial charge in [-0.1, -0.05) is 30.3 Å². The van der Waals surface area contributed by atoms with E-state index in [-0.39, 0.29) is 5.69 Å². The van der Waals surface area contributed by atoms with Crippen molar-refractivity contribution in [1.82, 2.24) is 9.97 Å². The lowest BCUT2D eigenvalue weighted by atomic mass is 10.2. The maximum Gasteiger partial charge on any atom is 0.323 e. The minimum Gasteiger partial charge on any atom is -0.457 e. The smallest absolute Gasteiger partial charge is 0.323 e. The molecule has 122 valence electrons. The number of nitrogens with one attached hydrogen (secondary N) is 2. The highest BCUT2D eigenvalue weighted by molar-refractivity contribution is 5.84. The lowest BCUT2D eigenvalue weighted by molar-refractivity contribution is 0.482. The standard InChI is InChI=1S/C20H15N3O2/c24-20-22-18-10-9-15(12-19(18)23-20)21-13-14-5-4-8-17(11-14)25-16-6-2-1-3-7-16/h1-13H,(H2,22,23,24). The average molecular weight is 329 g/mol. The van der Waals surface area contributed by atoms with Gasteiger partial charge in [0.1, 0.15) is 11.5 Å². The van der Waals surface area contributed by atoms with Gasteiger partial charge in [-0.15, -0.1) is 0 Å². The predicted octanol–water partition coefficient (Wildman–Crippen LogP) is 4.40. The highest BCUT2D eigenvalue weighted by Crippen LogP contribution is 2.22. The Morgan fingerprint density at radius 3 is 2.48 bits per heavy atom. The van der Waals surface area contributed by atoms with Crippen molar-refractivity contribution >= 4 is 22.9 Å². The monoisotopic (exact) mass is 329 g/mol. The van der Waals surface area contributed by atoms with Gasteiger partial charge in [0.25, 0.3) is 0 Å². The highest BCUT2D eigenvalue weighted by Gasteiger charge is 2.00. The van der Waals surface area contributed by atoms with Crippen molar-refractivity contribution in [3.63, 3.8) is 0 Å². The summed E-state index contributed by atoms with van der Waals surface area (Å²) in [5.74, 6) is 1.54. The molecule has 1 heterocycles. The molecule has 0 radical (unpaired) electrons. The molecule has 0 unspecified atom stereocenters. The fourth-order valence-electron chi connectivity index (χ4n) is 2.53. The first kappa shape index (κ1) is 15.0. The molecule has 3 aromatic carbocycles. The molecular formula is C20H15N3O2. The number of aliphatic imine (C=N–C) groups is 1. The van der Waals surface area contributed by atoms with Crippen LogP contribution >= 0.6 is 0 Å². The molecule has 2 N–H and O–H groups in total. The number of fused-ring (bicyclic) bond motifs is 1. The molecule has 0 bridgehead atoms. The number of rotatable bonds is 4. The van der Waals surface area contributed by atoms with Gasteiger partial charge in [0.15, 0.2) is 0 Å². The lowest BCUT2D eigenvalue weighted by Crippen LogP contribution is -1.99. The van der Waals surface area contributed by atoms with E-state index in [2.05, 4.69) is 15.0 Å². The molecule has 4 rings (SSSR count). The lowest BCUT2D eigenvalue weighted by Gasteiger charge is -2.05. The summed E-state index contributed by atoms with van der Waals surface area (Å²) in [6.07, 6.45) is 1.77. The Bertz CT molecular complexity index is 1090. The van der Waals surface area contributed by atoms with Gasteiger partial charge in [0.05, 0.1) is 16.7 Å². The van der Waals surface area contributed by atoms with Gasteiger partial charge in [0, 0.05) is 6.21 Å². The molecular weight excluding hydrogens is 314 g/mol. The Morgan fingerprint density at radius 1 is 0.800 bits per heavy atom. The van der Waals surface area contributed by atoms with Crippen LogP contribution in [0.3, 0.4) is 0 Å². The molecule has 0 aliphatic rings. The van der Waals surface area contributed by atoms with Crippen LogP contribution in [0.4, 0.5) is 5.69 Å². The normalized spacial score (nSPS) is 11.2. The third-order valence-electron chi connectivity index (χ3n) is 3.70. The molecule has 0 atom stereocenters. The molecule has 4 aromatic rings. The van der Waals surface area contributed by atoms with Gasteiger partial charge >= 0.3 is 5.69 Å². The minimum atomic E-state index is -0.220. The van der Waals surface area contributed by atoms with E-state index in [1.165, 1.54) is 0 Å². The van der Waals surface area contributed by atoms with Gasteiger partial charge in [-0.25, -0.2) is 4.79 Å². The van der Waals surface area contributed by atoms with Crippen molar-refractivity contribution in [2.45, 2.75) is 0 Å². The summed E-state index contributed by atoms with van der Waals surface area (Å²) < 4.78 is 5.83. The van der Waals surface area contributed by atoms with E-state index in [4.69, 9.17) is 4.74 Å². The molecule has 0 amide bonds. The van der Waals surface area contributed by atoms with Crippen LogP contribution in [-0.4, -0.2) is 16.2 Å². The van der Waals surface area contributed by atoms with Gasteiger partial charge in [-0.2, -0.15) is 0 Å². The van der Waals surface area contributed by atoms with E-state index in [1.54, 1.807) is 6.21 Å². The summed E-state index contributed by atoms with van der Waals surface area (Å²) in [5.41, 5.74) is 2.97. The van der Waals surface area contributed by atoms with E-state index >= 15 is 0 Å². The number of nitrogens with zero attached hydrogens (tertiary/aromatic N) is 1. The molecule has 0 fully saturated rings. The quantitative estimate of drug-likeness (QED) is 0.545. The molecule has 5 heteroatoms. The summed E-state index contributed by atoms with van der Waals surface area (Å²) in [5, 5.41) is 0. The molecule has 0 saturated heterocycles. The first-order valence-corrected chi connectivity index (χ1v) is 7.85. The number of hydrogen-bond donors (Lipinski definition) is 2. The molecule has 1 aromatic heterocycles. The molecule has 0 aliphatic heterocycles. The van der Waals surface area contributed by atoms with Crippen LogP contribution in [0.2, 0.25) is 0 Å². The van der Waals surface area contributed by atoms with Crippen LogP contribution in [0.5, 0.6) is 11.5 Å². The second-order valence-electron chi connectivity index (χ2n) is 5.55. The number of ether oxygens (including phenoxy) is 1. The molecule has 25 heavy (non-hydrogen) atoms. The molecule has 0 spiro atoms. The Kier molecular flexibility index (Phi) is 3.88. The number of para-hydroxylation sites is 1. The van der Waals surface area contributed by atoms with Crippen molar-refractivity contribution in [1.29, 1.82) is 0 Å². The summed E-state index contributed by atoms with van der Waals surface area (Å²) in [7, 11) is 0. The van der Waals surface area contributed by atoms with E-state index in [1.807, 2.05) is 72.8 Å². The number of H-pyrrole nitrogens is 2.